The zero-order chi connectivity index (χ0) is 12.7. The summed E-state index contributed by atoms with van der Waals surface area (Å²) in [7, 11) is 1.52. The van der Waals surface area contributed by atoms with Gasteiger partial charge in [0, 0.05) is 17.6 Å². The monoisotopic (exact) mass is 253 g/mol. The number of hydrogen-bond acceptors (Lipinski definition) is 3. The fourth-order valence-electron chi connectivity index (χ4n) is 1.10. The van der Waals surface area contributed by atoms with Crippen LogP contribution in [0.15, 0.2) is 29.2 Å². The lowest BCUT2D eigenvalue weighted by Crippen LogP contribution is -2.37. The van der Waals surface area contributed by atoms with Crippen molar-refractivity contribution in [3.63, 3.8) is 0 Å². The highest BCUT2D eigenvalue weighted by Crippen LogP contribution is 2.17. The lowest BCUT2D eigenvalue weighted by Gasteiger charge is -2.07. The number of nitrogens with one attached hydrogen (secondary N) is 3. The maximum atomic E-state index is 11.4. The Morgan fingerprint density at radius 2 is 1.88 bits per heavy atom. The summed E-state index contributed by atoms with van der Waals surface area (Å²) >= 11 is 1.63. The summed E-state index contributed by atoms with van der Waals surface area (Å²) in [5.74, 6) is -0.238. The Bertz CT molecular complexity index is 392. The van der Waals surface area contributed by atoms with Crippen molar-refractivity contribution in [3.8, 4) is 0 Å². The topological polar surface area (TPSA) is 70.2 Å². The van der Waals surface area contributed by atoms with Crippen LogP contribution in [-0.2, 0) is 4.79 Å². The van der Waals surface area contributed by atoms with Crippen molar-refractivity contribution in [2.45, 2.75) is 4.90 Å². The molecule has 1 aromatic carbocycles. The second kappa shape index (κ2) is 6.80. The Morgan fingerprint density at radius 3 is 2.41 bits per heavy atom. The Hall–Kier alpha value is -1.69. The summed E-state index contributed by atoms with van der Waals surface area (Å²) in [4.78, 5) is 23.4. The molecule has 0 heterocycles. The third kappa shape index (κ3) is 4.78. The van der Waals surface area contributed by atoms with E-state index in [1.54, 1.807) is 11.8 Å². The minimum absolute atomic E-state index is 0.0365. The van der Waals surface area contributed by atoms with Crippen LogP contribution in [0.3, 0.4) is 0 Å². The molecule has 0 atom stereocenters. The van der Waals surface area contributed by atoms with E-state index in [4.69, 9.17) is 0 Å². The number of anilines is 1. The number of carbonyl (C=O) groups excluding carboxylic acids is 2. The third-order valence-electron chi connectivity index (χ3n) is 2.04. The van der Waals surface area contributed by atoms with Crippen molar-refractivity contribution in [3.05, 3.63) is 24.3 Å². The fraction of sp³-hybridized carbons (Fsp3) is 0.273. The normalized spacial score (nSPS) is 9.53. The maximum Gasteiger partial charge on any atom is 0.319 e. The first-order valence-electron chi connectivity index (χ1n) is 5.05. The molecule has 3 amide bonds. The predicted octanol–water partition coefficient (Wildman–Crippen LogP) is 1.28. The maximum absolute atomic E-state index is 11.4. The van der Waals surface area contributed by atoms with Crippen molar-refractivity contribution in [1.29, 1.82) is 0 Å². The van der Waals surface area contributed by atoms with E-state index in [9.17, 15) is 9.59 Å². The van der Waals surface area contributed by atoms with E-state index in [1.165, 1.54) is 7.05 Å². The Kier molecular flexibility index (Phi) is 5.35. The Morgan fingerprint density at radius 1 is 1.24 bits per heavy atom. The van der Waals surface area contributed by atoms with Crippen molar-refractivity contribution >= 4 is 29.4 Å². The lowest BCUT2D eigenvalue weighted by molar-refractivity contribution is -0.119. The third-order valence-corrected chi connectivity index (χ3v) is 2.78. The number of hydrogen-bond donors (Lipinski definition) is 3. The molecule has 0 aliphatic rings. The fourth-order valence-corrected chi connectivity index (χ4v) is 1.51. The highest BCUT2D eigenvalue weighted by atomic mass is 32.2. The van der Waals surface area contributed by atoms with Crippen LogP contribution in [0.2, 0.25) is 0 Å². The van der Waals surface area contributed by atoms with Gasteiger partial charge < -0.3 is 16.0 Å². The van der Waals surface area contributed by atoms with Crippen LogP contribution in [-0.4, -0.2) is 31.8 Å². The predicted molar refractivity (Wildman–Crippen MR) is 69.3 cm³/mol. The summed E-state index contributed by atoms with van der Waals surface area (Å²) in [5.41, 5.74) is 0.692. The molecular formula is C11H15N3O2S. The zero-order valence-corrected chi connectivity index (χ0v) is 10.6. The Labute approximate surface area is 104 Å². The van der Waals surface area contributed by atoms with Crippen LogP contribution < -0.4 is 16.0 Å². The second-order valence-electron chi connectivity index (χ2n) is 3.21. The number of rotatable bonds is 4. The summed E-state index contributed by atoms with van der Waals surface area (Å²) in [6.45, 7) is -0.0365. The van der Waals surface area contributed by atoms with Crippen LogP contribution >= 0.6 is 11.8 Å². The average Bonchev–Trinajstić information content (AvgIpc) is 2.36. The largest absolute Gasteiger partial charge is 0.358 e. The van der Waals surface area contributed by atoms with Gasteiger partial charge in [-0.05, 0) is 30.5 Å². The Balaban J connectivity index is 2.42. The summed E-state index contributed by atoms with van der Waals surface area (Å²) < 4.78 is 0. The smallest absolute Gasteiger partial charge is 0.319 e. The molecule has 0 bridgehead atoms. The number of likely N-dealkylation sites (N-methyl/N-ethyl adjacent to an activating group) is 1. The quantitative estimate of drug-likeness (QED) is 0.708. The number of amides is 3. The van der Waals surface area contributed by atoms with Crippen LogP contribution in [0.5, 0.6) is 0 Å². The van der Waals surface area contributed by atoms with E-state index >= 15 is 0 Å². The molecule has 0 aromatic heterocycles. The van der Waals surface area contributed by atoms with Crippen molar-refractivity contribution in [2.24, 2.45) is 0 Å². The highest BCUT2D eigenvalue weighted by Gasteiger charge is 2.03. The molecule has 92 valence electrons. The van der Waals surface area contributed by atoms with E-state index in [0.717, 1.165) is 4.90 Å². The molecule has 17 heavy (non-hydrogen) atoms. The number of thioether (sulfide) groups is 1. The van der Waals surface area contributed by atoms with Gasteiger partial charge in [0.15, 0.2) is 0 Å². The lowest BCUT2D eigenvalue weighted by atomic mass is 10.3. The van der Waals surface area contributed by atoms with Crippen LogP contribution in [0, 0.1) is 0 Å². The van der Waals surface area contributed by atoms with Crippen LogP contribution in [0.1, 0.15) is 0 Å². The molecule has 0 aliphatic carbocycles. The van der Waals surface area contributed by atoms with E-state index in [-0.39, 0.29) is 12.5 Å². The summed E-state index contributed by atoms with van der Waals surface area (Å²) in [6.07, 6.45) is 1.98. The van der Waals surface area contributed by atoms with E-state index < -0.39 is 6.03 Å². The summed E-state index contributed by atoms with van der Waals surface area (Å²) in [6, 6.07) is 7.06. The van der Waals surface area contributed by atoms with Gasteiger partial charge in [0.25, 0.3) is 0 Å². The minimum atomic E-state index is -0.398. The first kappa shape index (κ1) is 13.4. The zero-order valence-electron chi connectivity index (χ0n) is 9.74. The SMILES string of the molecule is CNC(=O)CNC(=O)Nc1ccc(SC)cc1. The van der Waals surface area contributed by atoms with Gasteiger partial charge in [0.1, 0.15) is 0 Å². The van der Waals surface area contributed by atoms with Crippen molar-refractivity contribution < 1.29 is 9.59 Å². The molecule has 0 aliphatic heterocycles. The minimum Gasteiger partial charge on any atom is -0.358 e. The van der Waals surface area contributed by atoms with Gasteiger partial charge in [-0.2, -0.15) is 0 Å². The molecule has 1 aromatic rings. The van der Waals surface area contributed by atoms with E-state index in [2.05, 4.69) is 16.0 Å². The van der Waals surface area contributed by atoms with Gasteiger partial charge in [0.05, 0.1) is 6.54 Å². The number of carbonyl (C=O) groups is 2. The summed E-state index contributed by atoms with van der Waals surface area (Å²) in [5, 5.41) is 7.49. The van der Waals surface area contributed by atoms with Crippen LogP contribution in [0.4, 0.5) is 10.5 Å². The number of urea groups is 1. The molecule has 0 spiro atoms. The molecule has 0 radical (unpaired) electrons. The van der Waals surface area contributed by atoms with Crippen LogP contribution in [0.25, 0.3) is 0 Å². The first-order valence-corrected chi connectivity index (χ1v) is 6.27. The van der Waals surface area contributed by atoms with Gasteiger partial charge in [-0.1, -0.05) is 0 Å². The first-order chi connectivity index (χ1) is 8.15. The van der Waals surface area contributed by atoms with Gasteiger partial charge in [0.2, 0.25) is 5.91 Å². The molecule has 0 fully saturated rings. The average molecular weight is 253 g/mol. The van der Waals surface area contributed by atoms with Gasteiger partial charge in [-0.25, -0.2) is 4.79 Å². The molecule has 0 saturated carbocycles. The van der Waals surface area contributed by atoms with Gasteiger partial charge in [-0.15, -0.1) is 11.8 Å². The molecule has 3 N–H and O–H groups in total. The van der Waals surface area contributed by atoms with E-state index in [0.29, 0.717) is 5.69 Å². The molecule has 6 heteroatoms. The second-order valence-corrected chi connectivity index (χ2v) is 4.09. The molecule has 0 saturated heterocycles. The highest BCUT2D eigenvalue weighted by molar-refractivity contribution is 7.98. The van der Waals surface area contributed by atoms with E-state index in [1.807, 2.05) is 30.5 Å². The van der Waals surface area contributed by atoms with Gasteiger partial charge in [-0.3, -0.25) is 4.79 Å². The molecule has 1 rings (SSSR count). The standard InChI is InChI=1S/C11H15N3O2S/c1-12-10(15)7-13-11(16)14-8-3-5-9(17-2)6-4-8/h3-6H,7H2,1-2H3,(H,12,15)(H2,13,14,16). The molecule has 5 nitrogen and oxygen atoms in total. The van der Waals surface area contributed by atoms with Crippen molar-refractivity contribution in [2.75, 3.05) is 25.2 Å². The van der Waals surface area contributed by atoms with Gasteiger partial charge >= 0.3 is 6.03 Å². The number of benzene rings is 1. The molecular weight excluding hydrogens is 238 g/mol. The molecule has 0 unspecified atom stereocenters. The van der Waals surface area contributed by atoms with Crippen molar-refractivity contribution in [1.82, 2.24) is 10.6 Å².